The lowest BCUT2D eigenvalue weighted by Crippen LogP contribution is -2.20. The van der Waals surface area contributed by atoms with Crippen LogP contribution in [0.5, 0.6) is 0 Å². The molecule has 3 heteroatoms. The number of rotatable bonds is 4. The van der Waals surface area contributed by atoms with Crippen molar-refractivity contribution in [1.29, 1.82) is 0 Å². The Hall–Kier alpha value is -1.09. The van der Waals surface area contributed by atoms with Crippen molar-refractivity contribution >= 4 is 6.21 Å². The molecular formula is C7H13N3. The molecule has 0 saturated heterocycles. The van der Waals surface area contributed by atoms with Crippen molar-refractivity contribution in [2.75, 3.05) is 0 Å². The smallest absolute Gasteiger partial charge is 0.0596 e. The highest BCUT2D eigenvalue weighted by atomic mass is 15.2. The van der Waals surface area contributed by atoms with Gasteiger partial charge < -0.3 is 5.43 Å². The molecule has 10 heavy (non-hydrogen) atoms. The fourth-order valence-electron chi connectivity index (χ4n) is 0.337. The molecule has 3 nitrogen and oxygen atoms in total. The maximum Gasteiger partial charge on any atom is 0.0596 e. The van der Waals surface area contributed by atoms with E-state index in [2.05, 4.69) is 17.0 Å². The number of hydrogen-bond acceptors (Lipinski definition) is 3. The molecule has 0 aliphatic rings. The van der Waals surface area contributed by atoms with Crippen LogP contribution < -0.4 is 11.3 Å². The molecule has 0 aromatic carbocycles. The summed E-state index contributed by atoms with van der Waals surface area (Å²) in [7, 11) is 0. The second kappa shape index (κ2) is 6.04. The van der Waals surface area contributed by atoms with E-state index >= 15 is 0 Å². The molecule has 0 radical (unpaired) electrons. The summed E-state index contributed by atoms with van der Waals surface area (Å²) >= 11 is 0. The average Bonchev–Trinajstić information content (AvgIpc) is 1.98. The second-order valence-electron chi connectivity index (χ2n) is 1.74. The summed E-state index contributed by atoms with van der Waals surface area (Å²) in [6, 6.07) is 0. The fourth-order valence-corrected chi connectivity index (χ4v) is 0.337. The first-order valence-electron chi connectivity index (χ1n) is 3.15. The van der Waals surface area contributed by atoms with Crippen molar-refractivity contribution in [3.8, 4) is 0 Å². The van der Waals surface area contributed by atoms with Gasteiger partial charge >= 0.3 is 0 Å². The van der Waals surface area contributed by atoms with Crippen LogP contribution in [-0.4, -0.2) is 6.21 Å². The first-order chi connectivity index (χ1) is 4.81. The van der Waals surface area contributed by atoms with Crippen LogP contribution in [0.1, 0.15) is 13.3 Å². The Morgan fingerprint density at radius 3 is 3.00 bits per heavy atom. The van der Waals surface area contributed by atoms with Crippen molar-refractivity contribution < 1.29 is 0 Å². The zero-order chi connectivity index (χ0) is 7.82. The summed E-state index contributed by atoms with van der Waals surface area (Å²) in [5.74, 6) is 5.02. The van der Waals surface area contributed by atoms with Crippen molar-refractivity contribution in [1.82, 2.24) is 5.43 Å². The van der Waals surface area contributed by atoms with Crippen LogP contribution in [0, 0.1) is 0 Å². The summed E-state index contributed by atoms with van der Waals surface area (Å²) in [4.78, 5) is 3.88. The van der Waals surface area contributed by atoms with Crippen LogP contribution in [0.25, 0.3) is 0 Å². The van der Waals surface area contributed by atoms with E-state index in [0.29, 0.717) is 5.70 Å². The largest absolute Gasteiger partial charge is 0.323 e. The van der Waals surface area contributed by atoms with Crippen molar-refractivity contribution in [2.24, 2.45) is 10.8 Å². The average molecular weight is 139 g/mol. The Labute approximate surface area is 61.3 Å². The van der Waals surface area contributed by atoms with Crippen molar-refractivity contribution in [3.05, 3.63) is 24.6 Å². The van der Waals surface area contributed by atoms with E-state index in [4.69, 9.17) is 5.84 Å². The first kappa shape index (κ1) is 8.91. The maximum absolute atomic E-state index is 5.02. The summed E-state index contributed by atoms with van der Waals surface area (Å²) in [5, 5.41) is 0. The Kier molecular flexibility index (Phi) is 5.38. The van der Waals surface area contributed by atoms with E-state index in [-0.39, 0.29) is 0 Å². The SMILES string of the molecule is C=C(/C=N\C=C/CC)NN. The quantitative estimate of drug-likeness (QED) is 0.346. The van der Waals surface area contributed by atoms with Crippen LogP contribution in [0.2, 0.25) is 0 Å². The highest BCUT2D eigenvalue weighted by molar-refractivity contribution is 5.76. The van der Waals surface area contributed by atoms with E-state index in [1.807, 2.05) is 13.0 Å². The van der Waals surface area contributed by atoms with Gasteiger partial charge in [-0.25, -0.2) is 0 Å². The molecule has 0 amide bonds. The van der Waals surface area contributed by atoms with Crippen LogP contribution in [0.15, 0.2) is 29.5 Å². The van der Waals surface area contributed by atoms with Crippen LogP contribution in [0.3, 0.4) is 0 Å². The zero-order valence-corrected chi connectivity index (χ0v) is 6.17. The summed E-state index contributed by atoms with van der Waals surface area (Å²) in [6.07, 6.45) is 6.20. The normalized spacial score (nSPS) is 11.0. The molecule has 0 bridgehead atoms. The minimum atomic E-state index is 0.598. The number of aliphatic imine (C=N–C) groups is 1. The first-order valence-corrected chi connectivity index (χ1v) is 3.15. The van der Waals surface area contributed by atoms with Gasteiger partial charge in [0, 0.05) is 6.20 Å². The number of hydrogen-bond donors (Lipinski definition) is 2. The Bertz CT molecular complexity index is 147. The third-order valence-corrected chi connectivity index (χ3v) is 0.843. The molecule has 0 saturated carbocycles. The van der Waals surface area contributed by atoms with E-state index in [1.165, 1.54) is 0 Å². The predicted octanol–water partition coefficient (Wildman–Crippen LogP) is 0.958. The summed E-state index contributed by atoms with van der Waals surface area (Å²) < 4.78 is 0. The molecule has 0 spiro atoms. The highest BCUT2D eigenvalue weighted by Crippen LogP contribution is 1.81. The molecule has 0 aromatic heterocycles. The molecule has 0 fully saturated rings. The van der Waals surface area contributed by atoms with Crippen molar-refractivity contribution in [3.63, 3.8) is 0 Å². The zero-order valence-electron chi connectivity index (χ0n) is 6.17. The topological polar surface area (TPSA) is 50.4 Å². The fraction of sp³-hybridized carbons (Fsp3) is 0.286. The predicted molar refractivity (Wildman–Crippen MR) is 44.4 cm³/mol. The monoisotopic (exact) mass is 139 g/mol. The third-order valence-electron chi connectivity index (χ3n) is 0.843. The number of allylic oxidation sites excluding steroid dienone is 2. The number of hydrazine groups is 1. The summed E-state index contributed by atoms with van der Waals surface area (Å²) in [5.41, 5.74) is 2.96. The lowest BCUT2D eigenvalue weighted by atomic mass is 10.5. The van der Waals surface area contributed by atoms with E-state index in [1.54, 1.807) is 12.4 Å². The van der Waals surface area contributed by atoms with Crippen molar-refractivity contribution in [2.45, 2.75) is 13.3 Å². The molecule has 0 aliphatic heterocycles. The minimum absolute atomic E-state index is 0.598. The second-order valence-corrected chi connectivity index (χ2v) is 1.74. The van der Waals surface area contributed by atoms with Gasteiger partial charge in [0.1, 0.15) is 0 Å². The van der Waals surface area contributed by atoms with Gasteiger partial charge in [0.05, 0.1) is 11.9 Å². The molecule has 56 valence electrons. The number of nitrogens with two attached hydrogens (primary N) is 1. The molecule has 0 heterocycles. The number of nitrogens with zero attached hydrogens (tertiary/aromatic N) is 1. The van der Waals surface area contributed by atoms with Crippen LogP contribution in [-0.2, 0) is 0 Å². The lowest BCUT2D eigenvalue weighted by Gasteiger charge is -1.91. The van der Waals surface area contributed by atoms with Gasteiger partial charge in [-0.15, -0.1) is 0 Å². The van der Waals surface area contributed by atoms with Gasteiger partial charge in [0.15, 0.2) is 0 Å². The molecule has 0 aromatic rings. The minimum Gasteiger partial charge on any atom is -0.323 e. The third kappa shape index (κ3) is 5.05. The molecule has 0 unspecified atom stereocenters. The van der Waals surface area contributed by atoms with Crippen LogP contribution >= 0.6 is 0 Å². The van der Waals surface area contributed by atoms with E-state index in [9.17, 15) is 0 Å². The molecular weight excluding hydrogens is 126 g/mol. The maximum atomic E-state index is 5.02. The molecule has 3 N–H and O–H groups in total. The van der Waals surface area contributed by atoms with Crippen LogP contribution in [0.4, 0.5) is 0 Å². The standard InChI is InChI=1S/C7H13N3/c1-3-4-5-9-6-7(2)10-8/h4-6,10H,2-3,8H2,1H3/b5-4-,9-6-. The lowest BCUT2D eigenvalue weighted by molar-refractivity contribution is 0.941. The van der Waals surface area contributed by atoms with Gasteiger partial charge in [0.2, 0.25) is 0 Å². The Morgan fingerprint density at radius 2 is 2.50 bits per heavy atom. The molecule has 0 aliphatic carbocycles. The summed E-state index contributed by atoms with van der Waals surface area (Å²) in [6.45, 7) is 5.60. The number of nitrogens with one attached hydrogen (secondary N) is 1. The molecule has 0 atom stereocenters. The van der Waals surface area contributed by atoms with Gasteiger partial charge in [-0.2, -0.15) is 0 Å². The van der Waals surface area contributed by atoms with E-state index in [0.717, 1.165) is 6.42 Å². The Morgan fingerprint density at radius 1 is 1.80 bits per heavy atom. The van der Waals surface area contributed by atoms with Gasteiger partial charge in [-0.3, -0.25) is 10.8 Å². The van der Waals surface area contributed by atoms with Gasteiger partial charge in [-0.05, 0) is 6.42 Å². The highest BCUT2D eigenvalue weighted by Gasteiger charge is 1.75. The van der Waals surface area contributed by atoms with E-state index < -0.39 is 0 Å². The Balaban J connectivity index is 3.55. The van der Waals surface area contributed by atoms with Gasteiger partial charge in [0.25, 0.3) is 0 Å². The molecule has 0 rings (SSSR count). The van der Waals surface area contributed by atoms with Gasteiger partial charge in [-0.1, -0.05) is 19.6 Å².